The number of pyridine rings is 1. The van der Waals surface area contributed by atoms with Gasteiger partial charge in [0.1, 0.15) is 11.6 Å². The summed E-state index contributed by atoms with van der Waals surface area (Å²) in [5.74, 6) is 2.58. The number of nitrogens with one attached hydrogen (secondary N) is 1. The molecule has 2 aromatic heterocycles. The number of rotatable bonds is 4. The Balaban J connectivity index is 1.97. The van der Waals surface area contributed by atoms with Crippen LogP contribution in [0.2, 0.25) is 0 Å². The van der Waals surface area contributed by atoms with Crippen molar-refractivity contribution in [1.82, 2.24) is 9.97 Å². The van der Waals surface area contributed by atoms with E-state index in [4.69, 9.17) is 4.42 Å². The highest BCUT2D eigenvalue weighted by molar-refractivity contribution is 7.98. The van der Waals surface area contributed by atoms with Gasteiger partial charge in [0.15, 0.2) is 0 Å². The minimum atomic E-state index is 0.720. The van der Waals surface area contributed by atoms with Crippen molar-refractivity contribution >= 4 is 17.6 Å². The van der Waals surface area contributed by atoms with Gasteiger partial charge >= 0.3 is 0 Å². The summed E-state index contributed by atoms with van der Waals surface area (Å²) in [5, 5.41) is 3.71. The van der Waals surface area contributed by atoms with Crippen molar-refractivity contribution in [3.63, 3.8) is 0 Å². The molecule has 5 heteroatoms. The smallest absolute Gasteiger partial charge is 0.256 e. The van der Waals surface area contributed by atoms with E-state index in [0.29, 0.717) is 0 Å². The summed E-state index contributed by atoms with van der Waals surface area (Å²) in [7, 11) is 1.86. The monoisotopic (exact) mass is 249 g/mol. The average Bonchev–Trinajstić information content (AvgIpc) is 2.67. The molecule has 17 heavy (non-hydrogen) atoms. The van der Waals surface area contributed by atoms with Gasteiger partial charge in [-0.1, -0.05) is 17.8 Å². The lowest BCUT2D eigenvalue weighted by atomic mass is 10.3. The molecule has 0 aromatic carbocycles. The van der Waals surface area contributed by atoms with Gasteiger partial charge in [-0.3, -0.25) is 0 Å². The highest BCUT2D eigenvalue weighted by Gasteiger charge is 2.06. The van der Waals surface area contributed by atoms with Crippen LogP contribution < -0.4 is 5.32 Å². The van der Waals surface area contributed by atoms with Crippen LogP contribution in [0, 0.1) is 13.8 Å². The fourth-order valence-electron chi connectivity index (χ4n) is 1.31. The summed E-state index contributed by atoms with van der Waals surface area (Å²) in [6.07, 6.45) is 1.86. The van der Waals surface area contributed by atoms with E-state index in [1.54, 1.807) is 11.8 Å². The van der Waals surface area contributed by atoms with Gasteiger partial charge in [-0.25, -0.2) is 9.97 Å². The maximum Gasteiger partial charge on any atom is 0.256 e. The van der Waals surface area contributed by atoms with Gasteiger partial charge < -0.3 is 9.73 Å². The van der Waals surface area contributed by atoms with Crippen molar-refractivity contribution < 1.29 is 4.42 Å². The van der Waals surface area contributed by atoms with Crippen molar-refractivity contribution in [2.45, 2.75) is 24.8 Å². The number of aromatic nitrogens is 2. The molecule has 1 N–H and O–H groups in total. The van der Waals surface area contributed by atoms with Crippen molar-refractivity contribution in [2.24, 2.45) is 0 Å². The molecular weight excluding hydrogens is 234 g/mol. The molecule has 0 saturated carbocycles. The van der Waals surface area contributed by atoms with Gasteiger partial charge in [-0.05, 0) is 25.5 Å². The van der Waals surface area contributed by atoms with E-state index in [-0.39, 0.29) is 0 Å². The third-order valence-electron chi connectivity index (χ3n) is 2.45. The first-order valence-electron chi connectivity index (χ1n) is 5.38. The fraction of sp³-hybridized carbons (Fsp3) is 0.333. The molecule has 2 aromatic rings. The zero-order chi connectivity index (χ0) is 12.3. The highest BCUT2D eigenvalue weighted by atomic mass is 32.2. The molecule has 2 rings (SSSR count). The van der Waals surface area contributed by atoms with Gasteiger partial charge in [-0.15, -0.1) is 0 Å². The molecule has 0 spiro atoms. The minimum absolute atomic E-state index is 0.720. The van der Waals surface area contributed by atoms with Crippen LogP contribution in [-0.2, 0) is 5.75 Å². The standard InChI is InChI=1S/C12H15N3OS/c1-8-9(2)16-12(15-8)17-7-10-4-5-11(13-3)14-6-10/h4-6H,7H2,1-3H3,(H,13,14). The lowest BCUT2D eigenvalue weighted by Gasteiger charge is -2.00. The third-order valence-corrected chi connectivity index (χ3v) is 3.35. The normalized spacial score (nSPS) is 10.5. The molecule has 0 fully saturated rings. The molecule has 4 nitrogen and oxygen atoms in total. The van der Waals surface area contributed by atoms with Gasteiger partial charge in [0.25, 0.3) is 5.22 Å². The summed E-state index contributed by atoms with van der Waals surface area (Å²) in [6, 6.07) is 4.01. The van der Waals surface area contributed by atoms with Crippen LogP contribution >= 0.6 is 11.8 Å². The summed E-state index contributed by atoms with van der Waals surface area (Å²) in [4.78, 5) is 8.58. The Bertz CT molecular complexity index is 473. The predicted molar refractivity (Wildman–Crippen MR) is 69.3 cm³/mol. The van der Waals surface area contributed by atoms with Crippen LogP contribution in [0.1, 0.15) is 17.0 Å². The Kier molecular flexibility index (Phi) is 3.68. The molecule has 0 aliphatic rings. The molecule has 2 heterocycles. The first kappa shape index (κ1) is 12.0. The lowest BCUT2D eigenvalue weighted by molar-refractivity contribution is 0.431. The van der Waals surface area contributed by atoms with Crippen LogP contribution in [0.4, 0.5) is 5.82 Å². The molecule has 0 aliphatic heterocycles. The maximum atomic E-state index is 5.50. The number of nitrogens with zero attached hydrogens (tertiary/aromatic N) is 2. The van der Waals surface area contributed by atoms with E-state index in [1.165, 1.54) is 0 Å². The van der Waals surface area contributed by atoms with E-state index in [2.05, 4.69) is 21.4 Å². The number of hydrogen-bond acceptors (Lipinski definition) is 5. The number of anilines is 1. The highest BCUT2D eigenvalue weighted by Crippen LogP contribution is 2.23. The van der Waals surface area contributed by atoms with E-state index < -0.39 is 0 Å². The molecule has 90 valence electrons. The Morgan fingerprint density at radius 1 is 1.35 bits per heavy atom. The van der Waals surface area contributed by atoms with E-state index >= 15 is 0 Å². The molecule has 0 aliphatic carbocycles. The van der Waals surface area contributed by atoms with Gasteiger partial charge in [0, 0.05) is 19.0 Å². The van der Waals surface area contributed by atoms with Crippen LogP contribution in [-0.4, -0.2) is 17.0 Å². The Morgan fingerprint density at radius 3 is 2.71 bits per heavy atom. The first-order chi connectivity index (χ1) is 8.19. The van der Waals surface area contributed by atoms with Crippen LogP contribution in [0.3, 0.4) is 0 Å². The molecule has 0 atom stereocenters. The lowest BCUT2D eigenvalue weighted by Crippen LogP contribution is -1.92. The Labute approximate surface area is 105 Å². The van der Waals surface area contributed by atoms with Crippen molar-refractivity contribution in [3.8, 4) is 0 Å². The van der Waals surface area contributed by atoms with Crippen LogP contribution in [0.25, 0.3) is 0 Å². The average molecular weight is 249 g/mol. The third kappa shape index (κ3) is 3.00. The topological polar surface area (TPSA) is 51.0 Å². The summed E-state index contributed by atoms with van der Waals surface area (Å²) >= 11 is 1.58. The molecular formula is C12H15N3OS. The summed E-state index contributed by atoms with van der Waals surface area (Å²) in [5.41, 5.74) is 2.11. The van der Waals surface area contributed by atoms with Gasteiger partial charge in [0.05, 0.1) is 5.69 Å². The Hall–Kier alpha value is -1.49. The zero-order valence-electron chi connectivity index (χ0n) is 10.2. The molecule has 0 radical (unpaired) electrons. The van der Waals surface area contributed by atoms with Crippen molar-refractivity contribution in [2.75, 3.05) is 12.4 Å². The summed E-state index contributed by atoms with van der Waals surface area (Å²) in [6.45, 7) is 3.88. The predicted octanol–water partition coefficient (Wildman–Crippen LogP) is 3.02. The maximum absolute atomic E-state index is 5.50. The molecule has 0 amide bonds. The zero-order valence-corrected chi connectivity index (χ0v) is 11.0. The largest absolute Gasteiger partial charge is 0.437 e. The molecule has 0 bridgehead atoms. The SMILES string of the molecule is CNc1ccc(CSc2nc(C)c(C)o2)cn1. The number of aryl methyl sites for hydroxylation is 2. The van der Waals surface area contributed by atoms with Crippen LogP contribution in [0.5, 0.6) is 0 Å². The second-order valence-electron chi connectivity index (χ2n) is 3.71. The number of hydrogen-bond donors (Lipinski definition) is 1. The first-order valence-corrected chi connectivity index (χ1v) is 6.37. The second kappa shape index (κ2) is 5.23. The molecule has 0 unspecified atom stereocenters. The minimum Gasteiger partial charge on any atom is -0.437 e. The second-order valence-corrected chi connectivity index (χ2v) is 4.64. The van der Waals surface area contributed by atoms with Crippen molar-refractivity contribution in [1.29, 1.82) is 0 Å². The van der Waals surface area contributed by atoms with E-state index in [1.807, 2.05) is 33.2 Å². The fourth-order valence-corrected chi connectivity index (χ4v) is 2.15. The van der Waals surface area contributed by atoms with Crippen LogP contribution in [0.15, 0.2) is 28.0 Å². The Morgan fingerprint density at radius 2 is 2.18 bits per heavy atom. The van der Waals surface area contributed by atoms with E-state index in [0.717, 1.165) is 33.8 Å². The number of oxazole rings is 1. The summed E-state index contributed by atoms with van der Waals surface area (Å²) < 4.78 is 5.50. The van der Waals surface area contributed by atoms with Gasteiger partial charge in [-0.2, -0.15) is 0 Å². The van der Waals surface area contributed by atoms with Gasteiger partial charge in [0.2, 0.25) is 0 Å². The van der Waals surface area contributed by atoms with Crippen molar-refractivity contribution in [3.05, 3.63) is 35.3 Å². The quantitative estimate of drug-likeness (QED) is 0.844. The molecule has 0 saturated heterocycles. The number of thioether (sulfide) groups is 1. The van der Waals surface area contributed by atoms with E-state index in [9.17, 15) is 0 Å².